The molecule has 0 spiro atoms. The number of halogens is 3. The van der Waals surface area contributed by atoms with Crippen LogP contribution in [0.5, 0.6) is 0 Å². The number of alkyl halides is 2. The highest BCUT2D eigenvalue weighted by molar-refractivity contribution is 9.10. The van der Waals surface area contributed by atoms with E-state index < -0.39 is 6.43 Å². The zero-order valence-corrected chi connectivity index (χ0v) is 17.1. The van der Waals surface area contributed by atoms with Crippen molar-refractivity contribution >= 4 is 27.3 Å². The second kappa shape index (κ2) is 7.00. The van der Waals surface area contributed by atoms with E-state index in [4.69, 9.17) is 0 Å². The van der Waals surface area contributed by atoms with Crippen LogP contribution in [0.25, 0.3) is 21.6 Å². The van der Waals surface area contributed by atoms with E-state index in [0.29, 0.717) is 15.8 Å². The number of rotatable bonds is 3. The largest absolute Gasteiger partial charge is 0.311 e. The Morgan fingerprint density at radius 3 is 2.16 bits per heavy atom. The standard InChI is InChI=1S/C21H19BrF2S/c1-11-10-16(14(4)13(3)12(11)2)17-18(22)20(21(23)24)25-19(17)15-8-6-5-7-9-15/h5-10,21H,1-4H3/p+1. The van der Waals surface area contributed by atoms with Crippen LogP contribution < -0.4 is 0 Å². The summed E-state index contributed by atoms with van der Waals surface area (Å²) in [7, 11) is 0. The van der Waals surface area contributed by atoms with Gasteiger partial charge < -0.3 is 0 Å². The van der Waals surface area contributed by atoms with Crippen molar-refractivity contribution in [2.75, 3.05) is 0 Å². The lowest BCUT2D eigenvalue weighted by Gasteiger charge is -2.14. The van der Waals surface area contributed by atoms with E-state index >= 15 is 0 Å². The van der Waals surface area contributed by atoms with Gasteiger partial charge in [0.15, 0.2) is 4.88 Å². The SMILES string of the molecule is Cc1cc(-c2c(-c3ccccc3)[sH+]c(C(F)F)c2Br)c(C)c(C)c1C. The molecule has 2 aromatic carbocycles. The van der Waals surface area contributed by atoms with Gasteiger partial charge in [0.1, 0.15) is 0 Å². The molecule has 130 valence electrons. The van der Waals surface area contributed by atoms with Gasteiger partial charge in [-0.2, -0.15) is 8.78 Å². The highest BCUT2D eigenvalue weighted by Crippen LogP contribution is 2.50. The van der Waals surface area contributed by atoms with Crippen molar-refractivity contribution in [3.05, 3.63) is 68.0 Å². The van der Waals surface area contributed by atoms with Gasteiger partial charge >= 0.3 is 6.43 Å². The van der Waals surface area contributed by atoms with Crippen molar-refractivity contribution in [1.29, 1.82) is 0 Å². The minimum Gasteiger partial charge on any atom is -0.199 e. The molecule has 0 amide bonds. The molecule has 25 heavy (non-hydrogen) atoms. The third kappa shape index (κ3) is 3.18. The predicted molar refractivity (Wildman–Crippen MR) is 108 cm³/mol. The van der Waals surface area contributed by atoms with Crippen molar-refractivity contribution in [3.8, 4) is 21.6 Å². The van der Waals surface area contributed by atoms with Gasteiger partial charge in [0, 0.05) is 5.56 Å². The fraction of sp³-hybridized carbons (Fsp3) is 0.238. The molecule has 0 fully saturated rings. The van der Waals surface area contributed by atoms with Crippen LogP contribution in [0.1, 0.15) is 33.6 Å². The first-order valence-electron chi connectivity index (χ1n) is 8.10. The number of thiophene rings is 1. The summed E-state index contributed by atoms with van der Waals surface area (Å²) in [5.74, 6) is 0. The molecule has 0 N–H and O–H groups in total. The number of hydrogen-bond donors (Lipinski definition) is 0. The van der Waals surface area contributed by atoms with Gasteiger partial charge in [-0.05, 0) is 94.9 Å². The fourth-order valence-electron chi connectivity index (χ4n) is 3.12. The van der Waals surface area contributed by atoms with E-state index in [1.165, 1.54) is 16.7 Å². The van der Waals surface area contributed by atoms with Crippen LogP contribution in [0.2, 0.25) is 0 Å². The molecule has 3 aromatic rings. The maximum Gasteiger partial charge on any atom is 0.311 e. The van der Waals surface area contributed by atoms with Crippen LogP contribution in [-0.4, -0.2) is 0 Å². The van der Waals surface area contributed by atoms with Gasteiger partial charge in [0.05, 0.1) is 10.0 Å². The molecule has 0 saturated carbocycles. The molecule has 0 aliphatic carbocycles. The Kier molecular flexibility index (Phi) is 5.12. The summed E-state index contributed by atoms with van der Waals surface area (Å²) in [6.45, 7) is 8.36. The highest BCUT2D eigenvalue weighted by atomic mass is 79.9. The number of benzene rings is 2. The third-order valence-electron chi connectivity index (χ3n) is 4.92. The topological polar surface area (TPSA) is 0 Å². The summed E-state index contributed by atoms with van der Waals surface area (Å²) >= 11 is 4.06. The molecule has 0 saturated heterocycles. The summed E-state index contributed by atoms with van der Waals surface area (Å²) in [6, 6.07) is 11.9. The van der Waals surface area contributed by atoms with Gasteiger partial charge in [0.2, 0.25) is 4.88 Å². The number of hydrogen-bond acceptors (Lipinski definition) is 0. The summed E-state index contributed by atoms with van der Waals surface area (Å²) in [5.41, 5.74) is 7.73. The van der Waals surface area contributed by atoms with Crippen LogP contribution in [-0.2, 0) is 0 Å². The molecule has 3 rings (SSSR count). The zero-order valence-electron chi connectivity index (χ0n) is 14.6. The lowest BCUT2D eigenvalue weighted by Crippen LogP contribution is -1.95. The third-order valence-corrected chi connectivity index (χ3v) is 7.41. The van der Waals surface area contributed by atoms with E-state index in [9.17, 15) is 8.78 Å². The smallest absolute Gasteiger partial charge is 0.199 e. The molecule has 0 nitrogen and oxygen atoms in total. The van der Waals surface area contributed by atoms with Gasteiger partial charge in [-0.1, -0.05) is 24.3 Å². The molecule has 0 bridgehead atoms. The van der Waals surface area contributed by atoms with Crippen molar-refractivity contribution in [2.45, 2.75) is 34.1 Å². The van der Waals surface area contributed by atoms with Gasteiger partial charge in [-0.3, -0.25) is 0 Å². The van der Waals surface area contributed by atoms with Crippen LogP contribution >= 0.6 is 27.3 Å². The molecule has 4 heteroatoms. The Morgan fingerprint density at radius 1 is 0.920 bits per heavy atom. The molecule has 0 radical (unpaired) electrons. The quantitative estimate of drug-likeness (QED) is 0.379. The monoisotopic (exact) mass is 421 g/mol. The number of aryl methyl sites for hydroxylation is 1. The Bertz CT molecular complexity index is 927. The summed E-state index contributed by atoms with van der Waals surface area (Å²) in [6.07, 6.45) is -2.47. The predicted octanol–water partition coefficient (Wildman–Crippen LogP) is 7.75. The lowest BCUT2D eigenvalue weighted by atomic mass is 9.90. The van der Waals surface area contributed by atoms with E-state index in [-0.39, 0.29) is 4.88 Å². The van der Waals surface area contributed by atoms with Crippen molar-refractivity contribution in [3.63, 3.8) is 0 Å². The first-order valence-corrected chi connectivity index (χ1v) is 9.79. The van der Waals surface area contributed by atoms with Crippen LogP contribution in [0.3, 0.4) is 0 Å². The molecular formula is C21H20BrF2S+. The molecule has 0 aliphatic heterocycles. The molecule has 1 heterocycles. The first kappa shape index (κ1) is 18.3. The Labute approximate surface area is 159 Å². The average Bonchev–Trinajstić information content (AvgIpc) is 2.94. The average molecular weight is 422 g/mol. The Morgan fingerprint density at radius 2 is 1.56 bits per heavy atom. The Hall–Kier alpha value is -1.52. The first-order chi connectivity index (χ1) is 11.8. The van der Waals surface area contributed by atoms with Crippen LogP contribution in [0, 0.1) is 27.7 Å². The molecule has 0 aliphatic rings. The Balaban J connectivity index is 2.37. The lowest BCUT2D eigenvalue weighted by molar-refractivity contribution is 0.155. The molecule has 0 unspecified atom stereocenters. The molecular weight excluding hydrogens is 402 g/mol. The summed E-state index contributed by atoms with van der Waals surface area (Å²) in [4.78, 5) is 1.08. The van der Waals surface area contributed by atoms with Crippen molar-refractivity contribution < 1.29 is 8.78 Å². The molecule has 1 aromatic heterocycles. The van der Waals surface area contributed by atoms with E-state index in [1.807, 2.05) is 30.3 Å². The normalized spacial score (nSPS) is 11.4. The molecule has 0 atom stereocenters. The summed E-state index contributed by atoms with van der Waals surface area (Å²) < 4.78 is 27.7. The van der Waals surface area contributed by atoms with Crippen LogP contribution in [0.15, 0.2) is 40.9 Å². The van der Waals surface area contributed by atoms with E-state index in [0.717, 1.165) is 27.1 Å². The van der Waals surface area contributed by atoms with Crippen molar-refractivity contribution in [2.24, 2.45) is 0 Å². The van der Waals surface area contributed by atoms with Gasteiger partial charge in [-0.25, -0.2) is 0 Å². The minimum absolute atomic E-state index is 0.143. The van der Waals surface area contributed by atoms with Gasteiger partial charge in [-0.15, -0.1) is 0 Å². The highest BCUT2D eigenvalue weighted by Gasteiger charge is 2.32. The second-order valence-corrected chi connectivity index (χ2v) is 8.26. The minimum atomic E-state index is -2.47. The van der Waals surface area contributed by atoms with Crippen LogP contribution in [0.4, 0.5) is 8.78 Å². The fourth-order valence-corrected chi connectivity index (χ4v) is 5.30. The zero-order chi connectivity index (χ0) is 18.3. The second-order valence-electron chi connectivity index (χ2n) is 6.32. The van der Waals surface area contributed by atoms with E-state index in [1.54, 1.807) is 0 Å². The van der Waals surface area contributed by atoms with E-state index in [2.05, 4.69) is 49.7 Å². The maximum absolute atomic E-state index is 13.6. The van der Waals surface area contributed by atoms with Gasteiger partial charge in [0.25, 0.3) is 0 Å². The summed E-state index contributed by atoms with van der Waals surface area (Å²) in [5, 5.41) is 0. The van der Waals surface area contributed by atoms with Crippen molar-refractivity contribution in [1.82, 2.24) is 0 Å². The maximum atomic E-state index is 13.6.